The maximum Gasteiger partial charge on any atom is 0.341 e. The predicted molar refractivity (Wildman–Crippen MR) is 98.3 cm³/mol. The number of esters is 1. The molecule has 2 aromatic heterocycles. The van der Waals surface area contributed by atoms with Crippen LogP contribution in [0.3, 0.4) is 0 Å². The molecule has 0 aliphatic heterocycles. The highest BCUT2D eigenvalue weighted by Crippen LogP contribution is 2.38. The molecule has 25 heavy (non-hydrogen) atoms. The first-order chi connectivity index (χ1) is 12.2. The summed E-state index contributed by atoms with van der Waals surface area (Å²) in [6.07, 6.45) is 8.42. The Hall–Kier alpha value is -1.93. The van der Waals surface area contributed by atoms with Crippen LogP contribution in [-0.2, 0) is 22.4 Å². The van der Waals surface area contributed by atoms with Crippen LogP contribution in [0.25, 0.3) is 0 Å². The fourth-order valence-corrected chi connectivity index (χ4v) is 4.70. The van der Waals surface area contributed by atoms with E-state index in [0.29, 0.717) is 15.7 Å². The van der Waals surface area contributed by atoms with Gasteiger partial charge in [-0.25, -0.2) is 14.8 Å². The Bertz CT molecular complexity index is 762. The van der Waals surface area contributed by atoms with Crippen molar-refractivity contribution >= 4 is 40.0 Å². The molecular formula is C17H19N3O3S2. The molecule has 0 atom stereocenters. The Labute approximate surface area is 154 Å². The van der Waals surface area contributed by atoms with Gasteiger partial charge in [-0.2, -0.15) is 0 Å². The summed E-state index contributed by atoms with van der Waals surface area (Å²) in [5.74, 6) is -0.375. The predicted octanol–water partition coefficient (Wildman–Crippen LogP) is 3.32. The molecule has 0 fully saturated rings. The van der Waals surface area contributed by atoms with Gasteiger partial charge in [-0.15, -0.1) is 11.3 Å². The fourth-order valence-electron chi connectivity index (χ4n) is 2.80. The van der Waals surface area contributed by atoms with Crippen molar-refractivity contribution in [2.24, 2.45) is 0 Å². The summed E-state index contributed by atoms with van der Waals surface area (Å²) in [6, 6.07) is 1.73. The van der Waals surface area contributed by atoms with E-state index in [1.54, 1.807) is 18.5 Å². The molecule has 0 unspecified atom stereocenters. The summed E-state index contributed by atoms with van der Waals surface area (Å²) >= 11 is 2.76. The molecule has 1 aliphatic carbocycles. The molecule has 132 valence electrons. The molecule has 2 aromatic rings. The summed E-state index contributed by atoms with van der Waals surface area (Å²) in [7, 11) is 1.37. The van der Waals surface area contributed by atoms with E-state index in [1.807, 2.05) is 0 Å². The molecule has 3 rings (SSSR count). The van der Waals surface area contributed by atoms with Gasteiger partial charge in [0.05, 0.1) is 18.4 Å². The average molecular weight is 377 g/mol. The SMILES string of the molecule is COC(=O)c1c(NC(=O)CSc2ncccn2)sc2c1CCCCC2. The van der Waals surface area contributed by atoms with E-state index in [0.717, 1.165) is 37.7 Å². The molecule has 1 aliphatic rings. The first kappa shape index (κ1) is 17.9. The first-order valence-corrected chi connectivity index (χ1v) is 9.91. The van der Waals surface area contributed by atoms with E-state index >= 15 is 0 Å². The van der Waals surface area contributed by atoms with Crippen LogP contribution in [0.15, 0.2) is 23.6 Å². The van der Waals surface area contributed by atoms with E-state index in [4.69, 9.17) is 4.74 Å². The number of anilines is 1. The lowest BCUT2D eigenvalue weighted by molar-refractivity contribution is -0.113. The number of fused-ring (bicyclic) bond motifs is 1. The number of nitrogens with zero attached hydrogens (tertiary/aromatic N) is 2. The lowest BCUT2D eigenvalue weighted by Crippen LogP contribution is -2.16. The van der Waals surface area contributed by atoms with Crippen LogP contribution >= 0.6 is 23.1 Å². The zero-order chi connectivity index (χ0) is 17.6. The van der Waals surface area contributed by atoms with Gasteiger partial charge >= 0.3 is 5.97 Å². The second-order valence-corrected chi connectivity index (χ2v) is 7.68. The number of thioether (sulfide) groups is 1. The third-order valence-corrected chi connectivity index (χ3v) is 6.02. The highest BCUT2D eigenvalue weighted by Gasteiger charge is 2.26. The standard InChI is InChI=1S/C17H19N3O3S2/c1-23-16(22)14-11-6-3-2-4-7-12(11)25-15(14)20-13(21)10-24-17-18-8-5-9-19-17/h5,8-9H,2-4,6-7,10H2,1H3,(H,20,21). The number of methoxy groups -OCH3 is 1. The van der Waals surface area contributed by atoms with Crippen molar-refractivity contribution in [2.45, 2.75) is 37.3 Å². The summed E-state index contributed by atoms with van der Waals surface area (Å²) < 4.78 is 4.94. The number of hydrogen-bond donors (Lipinski definition) is 1. The summed E-state index contributed by atoms with van der Waals surface area (Å²) in [6.45, 7) is 0. The largest absolute Gasteiger partial charge is 0.465 e. The molecule has 1 N–H and O–H groups in total. The maximum absolute atomic E-state index is 12.3. The Morgan fingerprint density at radius 2 is 2.00 bits per heavy atom. The molecule has 0 saturated carbocycles. The fraction of sp³-hybridized carbons (Fsp3) is 0.412. The summed E-state index contributed by atoms with van der Waals surface area (Å²) in [5, 5.41) is 4.02. The number of hydrogen-bond acceptors (Lipinski definition) is 7. The molecule has 2 heterocycles. The zero-order valence-corrected chi connectivity index (χ0v) is 15.5. The smallest absolute Gasteiger partial charge is 0.341 e. The lowest BCUT2D eigenvalue weighted by Gasteiger charge is -2.07. The average Bonchev–Trinajstić information content (AvgIpc) is 2.81. The Kier molecular flexibility index (Phi) is 6.04. The summed E-state index contributed by atoms with van der Waals surface area (Å²) in [5.41, 5.74) is 1.57. The number of aromatic nitrogens is 2. The molecule has 1 amide bonds. The third kappa shape index (κ3) is 4.38. The molecule has 6 nitrogen and oxygen atoms in total. The minimum atomic E-state index is -0.381. The Balaban J connectivity index is 1.74. The van der Waals surface area contributed by atoms with Gasteiger partial charge in [-0.05, 0) is 37.3 Å². The van der Waals surface area contributed by atoms with Gasteiger partial charge in [0.25, 0.3) is 0 Å². The normalized spacial score (nSPS) is 13.6. The van der Waals surface area contributed by atoms with Gasteiger partial charge in [0, 0.05) is 17.3 Å². The van der Waals surface area contributed by atoms with Gasteiger partial charge in [-0.3, -0.25) is 4.79 Å². The van der Waals surface area contributed by atoms with Crippen LogP contribution in [-0.4, -0.2) is 34.7 Å². The van der Waals surface area contributed by atoms with Gasteiger partial charge in [-0.1, -0.05) is 18.2 Å². The van der Waals surface area contributed by atoms with Crippen molar-refractivity contribution in [3.8, 4) is 0 Å². The molecule has 0 bridgehead atoms. The minimum absolute atomic E-state index is 0.181. The number of nitrogens with one attached hydrogen (secondary N) is 1. The molecule has 0 spiro atoms. The summed E-state index contributed by atoms with van der Waals surface area (Å²) in [4.78, 5) is 33.9. The lowest BCUT2D eigenvalue weighted by atomic mass is 10.1. The van der Waals surface area contributed by atoms with Crippen LogP contribution in [0.4, 0.5) is 5.00 Å². The number of amides is 1. The van der Waals surface area contributed by atoms with Crippen LogP contribution in [0.2, 0.25) is 0 Å². The van der Waals surface area contributed by atoms with Crippen LogP contribution in [0, 0.1) is 0 Å². The highest BCUT2D eigenvalue weighted by atomic mass is 32.2. The van der Waals surface area contributed by atoms with Crippen molar-refractivity contribution in [1.82, 2.24) is 9.97 Å². The highest BCUT2D eigenvalue weighted by molar-refractivity contribution is 7.99. The zero-order valence-electron chi connectivity index (χ0n) is 13.9. The number of ether oxygens (including phenoxy) is 1. The monoisotopic (exact) mass is 377 g/mol. The molecule has 8 heteroatoms. The quantitative estimate of drug-likeness (QED) is 0.373. The number of thiophene rings is 1. The number of aryl methyl sites for hydroxylation is 1. The van der Waals surface area contributed by atoms with E-state index < -0.39 is 0 Å². The molecular weight excluding hydrogens is 358 g/mol. The molecule has 0 saturated heterocycles. The van der Waals surface area contributed by atoms with Crippen LogP contribution in [0.5, 0.6) is 0 Å². The van der Waals surface area contributed by atoms with Crippen molar-refractivity contribution in [3.63, 3.8) is 0 Å². The number of carbonyl (C=O) groups excluding carboxylic acids is 2. The van der Waals surface area contributed by atoms with E-state index in [1.165, 1.54) is 35.1 Å². The van der Waals surface area contributed by atoms with Gasteiger partial charge < -0.3 is 10.1 Å². The number of rotatable bonds is 5. The Morgan fingerprint density at radius 1 is 1.24 bits per heavy atom. The van der Waals surface area contributed by atoms with Gasteiger partial charge in [0.2, 0.25) is 5.91 Å². The van der Waals surface area contributed by atoms with E-state index in [2.05, 4.69) is 15.3 Å². The van der Waals surface area contributed by atoms with Crippen LogP contribution in [0.1, 0.15) is 40.1 Å². The second kappa shape index (κ2) is 8.44. The van der Waals surface area contributed by atoms with E-state index in [9.17, 15) is 9.59 Å². The van der Waals surface area contributed by atoms with Crippen molar-refractivity contribution in [2.75, 3.05) is 18.2 Å². The van der Waals surface area contributed by atoms with Crippen molar-refractivity contribution < 1.29 is 14.3 Å². The third-order valence-electron chi connectivity index (χ3n) is 3.94. The van der Waals surface area contributed by atoms with Crippen molar-refractivity contribution in [1.29, 1.82) is 0 Å². The molecule has 0 aromatic carbocycles. The first-order valence-electron chi connectivity index (χ1n) is 8.11. The second-order valence-electron chi connectivity index (χ2n) is 5.63. The minimum Gasteiger partial charge on any atom is -0.465 e. The topological polar surface area (TPSA) is 81.2 Å². The van der Waals surface area contributed by atoms with Crippen molar-refractivity contribution in [3.05, 3.63) is 34.5 Å². The molecule has 0 radical (unpaired) electrons. The maximum atomic E-state index is 12.3. The van der Waals surface area contributed by atoms with Gasteiger partial charge in [0.15, 0.2) is 5.16 Å². The Morgan fingerprint density at radius 3 is 2.76 bits per heavy atom. The van der Waals surface area contributed by atoms with Gasteiger partial charge in [0.1, 0.15) is 5.00 Å². The van der Waals surface area contributed by atoms with E-state index in [-0.39, 0.29) is 17.6 Å². The van der Waals surface area contributed by atoms with Crippen LogP contribution < -0.4 is 5.32 Å². The number of carbonyl (C=O) groups is 2.